The number of hydrogen-bond acceptors (Lipinski definition) is 6. The zero-order chi connectivity index (χ0) is 18.5. The van der Waals surface area contributed by atoms with Crippen LogP contribution in [0.1, 0.15) is 0 Å². The van der Waals surface area contributed by atoms with E-state index in [1.165, 1.54) is 10.6 Å². The molecule has 1 saturated heterocycles. The van der Waals surface area contributed by atoms with E-state index < -0.39 is 15.6 Å². The molecule has 2 N–H and O–H groups in total. The van der Waals surface area contributed by atoms with E-state index in [4.69, 9.17) is 12.3 Å². The molecular weight excluding hydrogens is 356 g/mol. The van der Waals surface area contributed by atoms with E-state index in [0.717, 1.165) is 11.3 Å². The van der Waals surface area contributed by atoms with E-state index in [9.17, 15) is 8.42 Å². The molecule has 0 unspecified atom stereocenters. The van der Waals surface area contributed by atoms with Gasteiger partial charge >= 0.3 is 0 Å². The van der Waals surface area contributed by atoms with Gasteiger partial charge in [-0.15, -0.1) is 5.10 Å². The molecule has 134 valence electrons. The lowest BCUT2D eigenvalue weighted by Crippen LogP contribution is -2.65. The molecule has 0 atom stereocenters. The normalized spacial score (nSPS) is 17.1. The Bertz CT molecular complexity index is 1130. The summed E-state index contributed by atoms with van der Waals surface area (Å²) in [6.07, 6.45) is 4.64. The van der Waals surface area contributed by atoms with Crippen LogP contribution >= 0.6 is 0 Å². The van der Waals surface area contributed by atoms with E-state index in [1.54, 1.807) is 27.7 Å². The number of aromatic nitrogens is 5. The Balaban J connectivity index is 1.72. The van der Waals surface area contributed by atoms with E-state index in [-0.39, 0.29) is 25.6 Å². The van der Waals surface area contributed by atoms with Gasteiger partial charge in [-0.25, -0.2) is 19.5 Å². The standard InChI is InChI=1S/C15H16N8O2S/c1-17-8-15(9-21(10-15)26(2,24)25)22-7-11(6-18-22)12-4-3-5-13-19-14(16)20-23(12)13/h3-7H,8-10H2,2H3,(H2,16,20). The maximum Gasteiger partial charge on any atom is 0.242 e. The number of nitrogens with zero attached hydrogens (tertiary/aromatic N) is 7. The number of fused-ring (bicyclic) bond motifs is 1. The molecule has 0 aromatic carbocycles. The summed E-state index contributed by atoms with van der Waals surface area (Å²) in [5.74, 6) is 0.178. The minimum absolute atomic E-state index is 0.153. The van der Waals surface area contributed by atoms with Gasteiger partial charge in [0.15, 0.2) is 11.2 Å². The van der Waals surface area contributed by atoms with Crippen molar-refractivity contribution >= 4 is 21.6 Å². The maximum absolute atomic E-state index is 11.7. The summed E-state index contributed by atoms with van der Waals surface area (Å²) in [4.78, 5) is 7.62. The van der Waals surface area contributed by atoms with Crippen LogP contribution in [0.5, 0.6) is 0 Å². The molecule has 11 heteroatoms. The van der Waals surface area contributed by atoms with Crippen molar-refractivity contribution < 1.29 is 8.42 Å². The Labute approximate surface area is 149 Å². The molecule has 1 aliphatic heterocycles. The molecule has 26 heavy (non-hydrogen) atoms. The molecule has 0 aliphatic carbocycles. The molecule has 0 spiro atoms. The van der Waals surface area contributed by atoms with Crippen LogP contribution in [0.2, 0.25) is 0 Å². The summed E-state index contributed by atoms with van der Waals surface area (Å²) < 4.78 is 28.1. The lowest BCUT2D eigenvalue weighted by atomic mass is 9.92. The minimum Gasteiger partial charge on any atom is -0.366 e. The van der Waals surface area contributed by atoms with Crippen molar-refractivity contribution in [3.05, 3.63) is 42.0 Å². The molecule has 3 aromatic rings. The zero-order valence-electron chi connectivity index (χ0n) is 13.9. The smallest absolute Gasteiger partial charge is 0.242 e. The van der Waals surface area contributed by atoms with Gasteiger partial charge in [0.05, 0.1) is 18.1 Å². The fraction of sp³-hybridized carbons (Fsp3) is 0.333. The number of hydrogen-bond donors (Lipinski definition) is 1. The summed E-state index contributed by atoms with van der Waals surface area (Å²) in [6, 6.07) is 5.51. The Morgan fingerprint density at radius 2 is 2.15 bits per heavy atom. The van der Waals surface area contributed by atoms with Crippen LogP contribution in [-0.2, 0) is 15.6 Å². The van der Waals surface area contributed by atoms with E-state index in [1.807, 2.05) is 12.1 Å². The molecular formula is C15H16N8O2S. The monoisotopic (exact) mass is 372 g/mol. The summed E-state index contributed by atoms with van der Waals surface area (Å²) in [6.45, 7) is 7.85. The second-order valence-electron chi connectivity index (χ2n) is 6.40. The quantitative estimate of drug-likeness (QED) is 0.648. The molecule has 0 radical (unpaired) electrons. The van der Waals surface area contributed by atoms with Crippen molar-refractivity contribution in [3.8, 4) is 11.3 Å². The number of nitrogen functional groups attached to an aromatic ring is 1. The highest BCUT2D eigenvalue weighted by Crippen LogP contribution is 2.32. The lowest BCUT2D eigenvalue weighted by Gasteiger charge is -2.45. The summed E-state index contributed by atoms with van der Waals surface area (Å²) >= 11 is 0. The molecule has 4 heterocycles. The van der Waals surface area contributed by atoms with Gasteiger partial charge < -0.3 is 10.6 Å². The van der Waals surface area contributed by atoms with Crippen molar-refractivity contribution in [2.45, 2.75) is 5.54 Å². The molecule has 10 nitrogen and oxygen atoms in total. The van der Waals surface area contributed by atoms with Crippen LogP contribution in [0.4, 0.5) is 5.95 Å². The zero-order valence-corrected chi connectivity index (χ0v) is 14.8. The first-order chi connectivity index (χ1) is 12.3. The predicted octanol–water partition coefficient (Wildman–Crippen LogP) is 0.0648. The SMILES string of the molecule is [C-]#[N+]CC1(n2cc(-c3cccc4nc(N)nn34)cn2)CN(S(C)(=O)=O)C1. The molecule has 3 aromatic heterocycles. The first-order valence-corrected chi connectivity index (χ1v) is 9.62. The highest BCUT2D eigenvalue weighted by Gasteiger charge is 2.52. The van der Waals surface area contributed by atoms with E-state index >= 15 is 0 Å². The van der Waals surface area contributed by atoms with Crippen LogP contribution in [-0.4, -0.2) is 63.0 Å². The Kier molecular flexibility index (Phi) is 3.50. The average molecular weight is 372 g/mol. The Hall–Kier alpha value is -2.97. The van der Waals surface area contributed by atoms with Crippen molar-refractivity contribution in [1.82, 2.24) is 28.7 Å². The number of pyridine rings is 1. The van der Waals surface area contributed by atoms with Crippen LogP contribution in [0.25, 0.3) is 21.7 Å². The van der Waals surface area contributed by atoms with Gasteiger partial charge in [0.2, 0.25) is 22.5 Å². The molecule has 1 aliphatic rings. The second-order valence-corrected chi connectivity index (χ2v) is 8.38. The predicted molar refractivity (Wildman–Crippen MR) is 94.5 cm³/mol. The summed E-state index contributed by atoms with van der Waals surface area (Å²) in [7, 11) is -3.28. The van der Waals surface area contributed by atoms with Crippen LogP contribution in [0, 0.1) is 6.57 Å². The topological polar surface area (TPSA) is 116 Å². The second kappa shape index (κ2) is 5.52. The largest absolute Gasteiger partial charge is 0.366 e. The maximum atomic E-state index is 11.7. The Morgan fingerprint density at radius 3 is 2.85 bits per heavy atom. The molecule has 0 bridgehead atoms. The highest BCUT2D eigenvalue weighted by molar-refractivity contribution is 7.88. The lowest BCUT2D eigenvalue weighted by molar-refractivity contribution is 0.0839. The average Bonchev–Trinajstić information content (AvgIpc) is 3.14. The van der Waals surface area contributed by atoms with Crippen LogP contribution in [0.15, 0.2) is 30.6 Å². The summed E-state index contributed by atoms with van der Waals surface area (Å²) in [5, 5.41) is 8.58. The fourth-order valence-electron chi connectivity index (χ4n) is 3.16. The van der Waals surface area contributed by atoms with Crippen molar-refractivity contribution in [1.29, 1.82) is 0 Å². The van der Waals surface area contributed by atoms with E-state index in [0.29, 0.717) is 5.65 Å². The van der Waals surface area contributed by atoms with Crippen molar-refractivity contribution in [2.75, 3.05) is 31.6 Å². The number of anilines is 1. The van der Waals surface area contributed by atoms with Crippen LogP contribution in [0.3, 0.4) is 0 Å². The van der Waals surface area contributed by atoms with Gasteiger partial charge in [-0.3, -0.25) is 4.68 Å². The van der Waals surface area contributed by atoms with Crippen molar-refractivity contribution in [2.24, 2.45) is 0 Å². The van der Waals surface area contributed by atoms with Gasteiger partial charge in [-0.2, -0.15) is 14.4 Å². The molecule has 4 rings (SSSR count). The number of nitrogens with two attached hydrogens (primary N) is 1. The molecule has 0 amide bonds. The highest BCUT2D eigenvalue weighted by atomic mass is 32.2. The Morgan fingerprint density at radius 1 is 1.38 bits per heavy atom. The number of rotatable bonds is 4. The van der Waals surface area contributed by atoms with Gasteiger partial charge in [0, 0.05) is 24.8 Å². The van der Waals surface area contributed by atoms with Crippen LogP contribution < -0.4 is 5.73 Å². The fourth-order valence-corrected chi connectivity index (χ4v) is 4.11. The van der Waals surface area contributed by atoms with Crippen molar-refractivity contribution in [3.63, 3.8) is 0 Å². The van der Waals surface area contributed by atoms with E-state index in [2.05, 4.69) is 20.0 Å². The minimum atomic E-state index is -3.28. The van der Waals surface area contributed by atoms with Gasteiger partial charge in [0.1, 0.15) is 0 Å². The first-order valence-electron chi connectivity index (χ1n) is 7.78. The summed E-state index contributed by atoms with van der Waals surface area (Å²) in [5.41, 5.74) is 7.18. The third kappa shape index (κ3) is 2.51. The first kappa shape index (κ1) is 16.5. The molecule has 0 saturated carbocycles. The van der Waals surface area contributed by atoms with Gasteiger partial charge in [0.25, 0.3) is 0 Å². The third-order valence-electron chi connectivity index (χ3n) is 4.52. The number of sulfonamides is 1. The third-order valence-corrected chi connectivity index (χ3v) is 5.72. The van der Waals surface area contributed by atoms with Gasteiger partial charge in [-0.05, 0) is 12.1 Å². The molecule has 1 fully saturated rings. The van der Waals surface area contributed by atoms with Gasteiger partial charge in [-0.1, -0.05) is 6.07 Å².